The van der Waals surface area contributed by atoms with Gasteiger partial charge in [0.25, 0.3) is 0 Å². The van der Waals surface area contributed by atoms with Crippen LogP contribution in [0.5, 0.6) is 0 Å². The number of fused-ring (bicyclic) bond motifs is 2. The molecule has 0 aromatic carbocycles. The van der Waals surface area contributed by atoms with Gasteiger partial charge in [0.2, 0.25) is 5.78 Å². The molecule has 0 fully saturated rings. The highest BCUT2D eigenvalue weighted by Gasteiger charge is 2.48. The van der Waals surface area contributed by atoms with Crippen LogP contribution in [-0.2, 0) is 23.8 Å². The highest BCUT2D eigenvalue weighted by atomic mass is 16.7. The topological polar surface area (TPSA) is 61.8 Å². The standard InChI is InChI=1S/C18H26O5/c1-6-21-18(22-7-2)11-12-8-9-13(18)10-14(15(12)19)23-16(20)17(3,4)5/h8-10,12-13H,6-7,11H2,1-5H3/t12-,13-/m1/s1. The average molecular weight is 322 g/mol. The Hall–Kier alpha value is -1.46. The second kappa shape index (κ2) is 6.57. The van der Waals surface area contributed by atoms with Crippen molar-refractivity contribution < 1.29 is 23.8 Å². The first-order valence-corrected chi connectivity index (χ1v) is 8.18. The molecule has 0 aromatic rings. The van der Waals surface area contributed by atoms with Gasteiger partial charge in [0.05, 0.1) is 11.3 Å². The summed E-state index contributed by atoms with van der Waals surface area (Å²) in [4.78, 5) is 24.8. The Morgan fingerprint density at radius 3 is 2.35 bits per heavy atom. The van der Waals surface area contributed by atoms with Crippen LogP contribution in [0.3, 0.4) is 0 Å². The molecule has 3 rings (SSSR count). The first-order valence-electron chi connectivity index (χ1n) is 8.18. The van der Waals surface area contributed by atoms with E-state index in [0.717, 1.165) is 0 Å². The molecule has 5 nitrogen and oxygen atoms in total. The second-order valence-electron chi connectivity index (χ2n) is 6.93. The lowest BCUT2D eigenvalue weighted by atomic mass is 9.84. The number of rotatable bonds is 5. The van der Waals surface area contributed by atoms with Crippen LogP contribution in [-0.4, -0.2) is 30.8 Å². The van der Waals surface area contributed by atoms with Gasteiger partial charge in [-0.1, -0.05) is 12.2 Å². The first-order chi connectivity index (χ1) is 10.7. The van der Waals surface area contributed by atoms with Crippen molar-refractivity contribution in [2.75, 3.05) is 13.2 Å². The number of carbonyl (C=O) groups is 2. The normalized spacial score (nSPS) is 26.0. The van der Waals surface area contributed by atoms with Gasteiger partial charge in [-0.05, 0) is 40.7 Å². The summed E-state index contributed by atoms with van der Waals surface area (Å²) in [5.41, 5.74) is -0.670. The number of Topliss-reactive ketones (excluding diaryl/α,β-unsaturated/α-hetero) is 1. The maximum atomic E-state index is 12.7. The summed E-state index contributed by atoms with van der Waals surface area (Å²) in [6, 6.07) is 0. The second-order valence-corrected chi connectivity index (χ2v) is 6.93. The Balaban J connectivity index is 2.34. The van der Waals surface area contributed by atoms with E-state index in [2.05, 4.69) is 0 Å². The van der Waals surface area contributed by atoms with Gasteiger partial charge in [-0.2, -0.15) is 0 Å². The fourth-order valence-corrected chi connectivity index (χ4v) is 2.88. The third-order valence-corrected chi connectivity index (χ3v) is 4.07. The van der Waals surface area contributed by atoms with Gasteiger partial charge in [-0.25, -0.2) is 0 Å². The van der Waals surface area contributed by atoms with Crippen LogP contribution in [0.15, 0.2) is 24.0 Å². The van der Waals surface area contributed by atoms with E-state index in [-0.39, 0.29) is 17.5 Å². The minimum Gasteiger partial charge on any atom is -0.423 e. The SMILES string of the molecule is CCOC1(OCC)C[C@H]2C=C[C@@H]1C=C(OC(=O)C(C)(C)C)C2=O. The smallest absolute Gasteiger partial charge is 0.316 e. The van der Waals surface area contributed by atoms with Crippen molar-refractivity contribution in [3.05, 3.63) is 24.0 Å². The number of allylic oxidation sites excluding steroid dienone is 2. The molecule has 2 bridgehead atoms. The van der Waals surface area contributed by atoms with Crippen molar-refractivity contribution in [3.63, 3.8) is 0 Å². The van der Waals surface area contributed by atoms with Crippen molar-refractivity contribution >= 4 is 11.8 Å². The highest BCUT2D eigenvalue weighted by Crippen LogP contribution is 2.42. The van der Waals surface area contributed by atoms with E-state index in [0.29, 0.717) is 19.6 Å². The van der Waals surface area contributed by atoms with Gasteiger partial charge in [0.15, 0.2) is 11.5 Å². The molecule has 0 unspecified atom stereocenters. The molecule has 2 atom stereocenters. The van der Waals surface area contributed by atoms with Gasteiger partial charge in [0.1, 0.15) is 0 Å². The number of esters is 1. The van der Waals surface area contributed by atoms with Crippen molar-refractivity contribution in [1.29, 1.82) is 0 Å². The van der Waals surface area contributed by atoms with Crippen LogP contribution in [0.2, 0.25) is 0 Å². The zero-order valence-corrected chi connectivity index (χ0v) is 14.5. The molecule has 3 aliphatic rings. The predicted molar refractivity (Wildman–Crippen MR) is 85.4 cm³/mol. The lowest BCUT2D eigenvalue weighted by molar-refractivity contribution is -0.255. The summed E-state index contributed by atoms with van der Waals surface area (Å²) in [5, 5.41) is 0. The highest BCUT2D eigenvalue weighted by molar-refractivity contribution is 5.99. The van der Waals surface area contributed by atoms with E-state index in [1.54, 1.807) is 26.8 Å². The Morgan fingerprint density at radius 1 is 1.22 bits per heavy atom. The molecular formula is C18H26O5. The maximum Gasteiger partial charge on any atom is 0.316 e. The number of hydrogen-bond acceptors (Lipinski definition) is 5. The molecule has 5 heteroatoms. The van der Waals surface area contributed by atoms with Gasteiger partial charge >= 0.3 is 5.97 Å². The van der Waals surface area contributed by atoms with Crippen molar-refractivity contribution in [1.82, 2.24) is 0 Å². The van der Waals surface area contributed by atoms with Gasteiger partial charge in [-0.15, -0.1) is 0 Å². The summed E-state index contributed by atoms with van der Waals surface area (Å²) in [6.07, 6.45) is 5.87. The summed E-state index contributed by atoms with van der Waals surface area (Å²) in [7, 11) is 0. The zero-order valence-electron chi connectivity index (χ0n) is 14.5. The van der Waals surface area contributed by atoms with Crippen LogP contribution < -0.4 is 0 Å². The molecule has 0 amide bonds. The molecule has 23 heavy (non-hydrogen) atoms. The predicted octanol–water partition coefficient (Wildman–Crippen LogP) is 3.00. The molecule has 0 heterocycles. The minimum atomic E-state index is -0.867. The monoisotopic (exact) mass is 322 g/mol. The fraction of sp³-hybridized carbons (Fsp3) is 0.667. The third-order valence-electron chi connectivity index (χ3n) is 4.07. The van der Waals surface area contributed by atoms with Crippen LogP contribution >= 0.6 is 0 Å². The Kier molecular flexibility index (Phi) is 5.11. The van der Waals surface area contributed by atoms with E-state index in [9.17, 15) is 9.59 Å². The maximum absolute atomic E-state index is 12.7. The lowest BCUT2D eigenvalue weighted by Gasteiger charge is -2.40. The molecule has 0 aromatic heterocycles. The van der Waals surface area contributed by atoms with Crippen LogP contribution in [0, 0.1) is 17.3 Å². The molecular weight excluding hydrogens is 296 g/mol. The molecule has 0 spiro atoms. The average Bonchev–Trinajstić information content (AvgIpc) is 2.66. The van der Waals surface area contributed by atoms with Crippen molar-refractivity contribution in [2.24, 2.45) is 17.3 Å². The number of ketones is 1. The van der Waals surface area contributed by atoms with Gasteiger partial charge in [0, 0.05) is 25.6 Å². The molecule has 0 N–H and O–H groups in total. The van der Waals surface area contributed by atoms with E-state index in [4.69, 9.17) is 14.2 Å². The van der Waals surface area contributed by atoms with Crippen molar-refractivity contribution in [2.45, 2.75) is 46.8 Å². The Morgan fingerprint density at radius 2 is 1.83 bits per heavy atom. The molecule has 0 radical (unpaired) electrons. The van der Waals surface area contributed by atoms with Gasteiger partial charge in [-0.3, -0.25) is 9.59 Å². The van der Waals surface area contributed by atoms with Crippen LogP contribution in [0.25, 0.3) is 0 Å². The Bertz CT molecular complexity index is 532. The molecule has 0 saturated heterocycles. The van der Waals surface area contributed by atoms with Crippen LogP contribution in [0.1, 0.15) is 41.0 Å². The lowest BCUT2D eigenvalue weighted by Crippen LogP contribution is -2.45. The van der Waals surface area contributed by atoms with Crippen molar-refractivity contribution in [3.8, 4) is 0 Å². The number of ether oxygens (including phenoxy) is 3. The van der Waals surface area contributed by atoms with E-state index in [1.807, 2.05) is 26.0 Å². The number of hydrogen-bond donors (Lipinski definition) is 0. The van der Waals surface area contributed by atoms with Crippen LogP contribution in [0.4, 0.5) is 0 Å². The summed E-state index contributed by atoms with van der Waals surface area (Å²) in [6.45, 7) is 10.0. The molecule has 128 valence electrons. The van der Waals surface area contributed by atoms with E-state index >= 15 is 0 Å². The molecule has 3 aliphatic carbocycles. The zero-order chi connectivity index (χ0) is 17.3. The van der Waals surface area contributed by atoms with Gasteiger partial charge < -0.3 is 14.2 Å². The first kappa shape index (κ1) is 17.9. The fourth-order valence-electron chi connectivity index (χ4n) is 2.88. The minimum absolute atomic E-state index is 0.103. The summed E-state index contributed by atoms with van der Waals surface area (Å²) in [5.74, 6) is -2.03. The Labute approximate surface area is 137 Å². The summed E-state index contributed by atoms with van der Waals surface area (Å²) >= 11 is 0. The largest absolute Gasteiger partial charge is 0.423 e. The quantitative estimate of drug-likeness (QED) is 0.442. The molecule has 0 saturated carbocycles. The van der Waals surface area contributed by atoms with E-state index < -0.39 is 23.1 Å². The molecule has 0 aliphatic heterocycles. The van der Waals surface area contributed by atoms with E-state index in [1.165, 1.54) is 0 Å². The summed E-state index contributed by atoms with van der Waals surface area (Å²) < 4.78 is 17.2. The third kappa shape index (κ3) is 3.56. The number of carbonyl (C=O) groups excluding carboxylic acids is 2.